The van der Waals surface area contributed by atoms with Crippen molar-refractivity contribution in [1.82, 2.24) is 4.98 Å². The average Bonchev–Trinajstić information content (AvgIpc) is 3.04. The Morgan fingerprint density at radius 3 is 2.61 bits per heavy atom. The molecular weight excluding hydrogens is 354 g/mol. The molecule has 2 aliphatic rings. The van der Waals surface area contributed by atoms with Gasteiger partial charge >= 0.3 is 5.97 Å². The molecule has 0 spiro atoms. The minimum atomic E-state index is -1.28. The molecule has 5 unspecified atom stereocenters. The van der Waals surface area contributed by atoms with Crippen LogP contribution in [0.2, 0.25) is 0 Å². The Hall–Kier alpha value is -2.37. The number of aromatic nitrogens is 1. The van der Waals surface area contributed by atoms with E-state index in [0.29, 0.717) is 19.3 Å². The summed E-state index contributed by atoms with van der Waals surface area (Å²) in [5.41, 5.74) is 2.24. The van der Waals surface area contributed by atoms with E-state index in [1.165, 1.54) is 0 Å². The highest BCUT2D eigenvalue weighted by Crippen LogP contribution is 2.59. The molecule has 1 heterocycles. The molecular formula is C23H25NO4. The second-order valence-corrected chi connectivity index (χ2v) is 9.02. The van der Waals surface area contributed by atoms with Crippen LogP contribution in [-0.2, 0) is 10.2 Å². The van der Waals surface area contributed by atoms with Crippen molar-refractivity contribution < 1.29 is 20.1 Å². The third kappa shape index (κ3) is 2.06. The molecule has 0 radical (unpaired) electrons. The van der Waals surface area contributed by atoms with Crippen LogP contribution in [0.5, 0.6) is 0 Å². The van der Waals surface area contributed by atoms with Crippen LogP contribution in [0, 0.1) is 11.3 Å². The third-order valence-corrected chi connectivity index (χ3v) is 7.69. The van der Waals surface area contributed by atoms with Gasteiger partial charge in [-0.2, -0.15) is 0 Å². The number of carbonyl (C=O) groups is 1. The lowest BCUT2D eigenvalue weighted by atomic mass is 9.48. The summed E-state index contributed by atoms with van der Waals surface area (Å²) in [6.45, 7) is 3.75. The quantitative estimate of drug-likeness (QED) is 0.516. The molecule has 5 rings (SSSR count). The van der Waals surface area contributed by atoms with Gasteiger partial charge in [-0.25, -0.2) is 0 Å². The van der Waals surface area contributed by atoms with Crippen LogP contribution in [0.15, 0.2) is 36.4 Å². The van der Waals surface area contributed by atoms with E-state index in [1.807, 2.05) is 24.3 Å². The first-order chi connectivity index (χ1) is 13.3. The zero-order chi connectivity index (χ0) is 19.8. The number of aliphatic hydroxyl groups excluding tert-OH is 2. The minimum absolute atomic E-state index is 0.341. The summed E-state index contributed by atoms with van der Waals surface area (Å²) in [7, 11) is 0. The summed E-state index contributed by atoms with van der Waals surface area (Å²) >= 11 is 0. The number of aliphatic carboxylic acids is 1. The number of nitrogens with one attached hydrogen (secondary N) is 1. The molecule has 2 aliphatic carbocycles. The van der Waals surface area contributed by atoms with E-state index >= 15 is 0 Å². The van der Waals surface area contributed by atoms with Gasteiger partial charge in [0.2, 0.25) is 0 Å². The summed E-state index contributed by atoms with van der Waals surface area (Å²) in [5, 5.41) is 33.8. The van der Waals surface area contributed by atoms with Crippen molar-refractivity contribution in [2.75, 3.05) is 0 Å². The average molecular weight is 379 g/mol. The predicted octanol–water partition coefficient (Wildman–Crippen LogP) is 3.88. The zero-order valence-corrected chi connectivity index (χ0v) is 16.1. The van der Waals surface area contributed by atoms with E-state index in [1.54, 1.807) is 6.92 Å². The topological polar surface area (TPSA) is 93.6 Å². The highest BCUT2D eigenvalue weighted by Gasteiger charge is 2.60. The maximum Gasteiger partial charge on any atom is 0.312 e. The molecule has 1 aromatic heterocycles. The number of hydrogen-bond acceptors (Lipinski definition) is 3. The maximum atomic E-state index is 12.2. The smallest absolute Gasteiger partial charge is 0.312 e. The van der Waals surface area contributed by atoms with Crippen LogP contribution in [-0.4, -0.2) is 32.4 Å². The first kappa shape index (κ1) is 17.7. The van der Waals surface area contributed by atoms with Crippen molar-refractivity contribution in [3.63, 3.8) is 0 Å². The lowest BCUT2D eigenvalue weighted by Gasteiger charge is -2.56. The number of benzene rings is 2. The molecule has 5 heteroatoms. The second-order valence-electron chi connectivity index (χ2n) is 9.02. The Balaban J connectivity index is 1.78. The number of aliphatic hydroxyl groups is 2. The van der Waals surface area contributed by atoms with E-state index in [9.17, 15) is 20.1 Å². The van der Waals surface area contributed by atoms with Crippen molar-refractivity contribution in [2.45, 2.75) is 50.7 Å². The largest absolute Gasteiger partial charge is 0.481 e. The Labute approximate surface area is 163 Å². The number of fused-ring (bicyclic) bond motifs is 6. The zero-order valence-electron chi connectivity index (χ0n) is 16.1. The molecule has 5 nitrogen and oxygen atoms in total. The summed E-state index contributed by atoms with van der Waals surface area (Å²) in [4.78, 5) is 15.6. The van der Waals surface area contributed by atoms with E-state index in [4.69, 9.17) is 0 Å². The van der Waals surface area contributed by atoms with Gasteiger partial charge in [-0.05, 0) is 66.8 Å². The molecule has 0 bridgehead atoms. The predicted molar refractivity (Wildman–Crippen MR) is 107 cm³/mol. The standard InChI is InChI=1S/C23H25NO4/c1-22-8-7-20(26)23(2,21(27)28)19(22)11-18(25)14-10-17-13(9-15(14)22)12-5-3-4-6-16(12)24-17/h3-6,9-10,18-20,24-26H,7-8,11H2,1-2H3,(H,27,28). The molecule has 5 atom stereocenters. The normalized spacial score (nSPS) is 34.9. The van der Waals surface area contributed by atoms with Gasteiger partial charge in [-0.3, -0.25) is 4.79 Å². The van der Waals surface area contributed by atoms with E-state index in [-0.39, 0.29) is 5.92 Å². The van der Waals surface area contributed by atoms with E-state index in [2.05, 4.69) is 24.0 Å². The summed E-state index contributed by atoms with van der Waals surface area (Å²) in [5.74, 6) is -1.33. The Bertz CT molecular complexity index is 1120. The maximum absolute atomic E-state index is 12.2. The van der Waals surface area contributed by atoms with Crippen LogP contribution in [0.3, 0.4) is 0 Å². The highest BCUT2D eigenvalue weighted by molar-refractivity contribution is 6.07. The van der Waals surface area contributed by atoms with Crippen LogP contribution in [0.4, 0.5) is 0 Å². The molecule has 146 valence electrons. The van der Waals surface area contributed by atoms with Crippen molar-refractivity contribution in [3.8, 4) is 0 Å². The monoisotopic (exact) mass is 379 g/mol. The molecule has 4 N–H and O–H groups in total. The second kappa shape index (κ2) is 5.58. The number of aromatic amines is 1. The van der Waals surface area contributed by atoms with Crippen LogP contribution < -0.4 is 0 Å². The van der Waals surface area contributed by atoms with Gasteiger partial charge < -0.3 is 20.3 Å². The van der Waals surface area contributed by atoms with Gasteiger partial charge in [0.1, 0.15) is 0 Å². The molecule has 1 saturated carbocycles. The van der Waals surface area contributed by atoms with Crippen molar-refractivity contribution in [3.05, 3.63) is 47.5 Å². The Kier molecular flexibility index (Phi) is 3.53. The Morgan fingerprint density at radius 1 is 1.11 bits per heavy atom. The first-order valence-electron chi connectivity index (χ1n) is 9.91. The molecule has 3 aromatic rings. The van der Waals surface area contributed by atoms with Gasteiger partial charge in [-0.1, -0.05) is 25.1 Å². The van der Waals surface area contributed by atoms with Gasteiger partial charge in [0, 0.05) is 21.8 Å². The fraction of sp³-hybridized carbons (Fsp3) is 0.435. The van der Waals surface area contributed by atoms with Crippen molar-refractivity contribution in [1.29, 1.82) is 0 Å². The lowest BCUT2D eigenvalue weighted by molar-refractivity contribution is -0.174. The van der Waals surface area contributed by atoms with Gasteiger partial charge in [0.15, 0.2) is 0 Å². The molecule has 1 fully saturated rings. The number of rotatable bonds is 1. The minimum Gasteiger partial charge on any atom is -0.481 e. The molecule has 2 aromatic carbocycles. The molecule has 0 saturated heterocycles. The molecule has 0 aliphatic heterocycles. The van der Waals surface area contributed by atoms with Crippen molar-refractivity contribution >= 4 is 27.8 Å². The Morgan fingerprint density at radius 2 is 1.86 bits per heavy atom. The third-order valence-electron chi connectivity index (χ3n) is 7.69. The number of hydrogen-bond donors (Lipinski definition) is 4. The van der Waals surface area contributed by atoms with Crippen LogP contribution in [0.1, 0.15) is 50.3 Å². The number of H-pyrrole nitrogens is 1. The first-order valence-corrected chi connectivity index (χ1v) is 9.91. The summed E-state index contributed by atoms with van der Waals surface area (Å²) < 4.78 is 0. The van der Waals surface area contributed by atoms with Crippen LogP contribution in [0.25, 0.3) is 21.8 Å². The highest BCUT2D eigenvalue weighted by atomic mass is 16.4. The van der Waals surface area contributed by atoms with Gasteiger partial charge in [-0.15, -0.1) is 0 Å². The lowest BCUT2D eigenvalue weighted by Crippen LogP contribution is -2.59. The number of carboxylic acid groups (broad SMARTS) is 1. The van der Waals surface area contributed by atoms with E-state index < -0.39 is 29.0 Å². The number of para-hydroxylation sites is 1. The van der Waals surface area contributed by atoms with Crippen LogP contribution >= 0.6 is 0 Å². The summed E-state index contributed by atoms with van der Waals surface area (Å²) in [6.07, 6.45) is -0.164. The number of carboxylic acids is 1. The molecule has 28 heavy (non-hydrogen) atoms. The fourth-order valence-corrected chi connectivity index (χ4v) is 5.96. The summed E-state index contributed by atoms with van der Waals surface area (Å²) in [6, 6.07) is 12.3. The van der Waals surface area contributed by atoms with Gasteiger partial charge in [0.05, 0.1) is 17.6 Å². The van der Waals surface area contributed by atoms with Gasteiger partial charge in [0.25, 0.3) is 0 Å². The van der Waals surface area contributed by atoms with E-state index in [0.717, 1.165) is 32.9 Å². The molecule has 0 amide bonds. The fourth-order valence-electron chi connectivity index (χ4n) is 5.96. The van der Waals surface area contributed by atoms with Crippen molar-refractivity contribution in [2.24, 2.45) is 11.3 Å². The SMILES string of the molecule is CC12CCC(O)C(C)(C(=O)O)C1CC(O)c1cc3[nH]c4ccccc4c3cc12.